The van der Waals surface area contributed by atoms with Crippen LogP contribution in [0.1, 0.15) is 73.7 Å². The van der Waals surface area contributed by atoms with Crippen molar-refractivity contribution in [2.24, 2.45) is 5.41 Å². The smallest absolute Gasteiger partial charge is 0.255 e. The largest absolute Gasteiger partial charge is 0.489 e. The third-order valence-corrected chi connectivity index (χ3v) is 8.30. The second-order valence-electron chi connectivity index (χ2n) is 10.8. The maximum Gasteiger partial charge on any atom is 0.255 e. The van der Waals surface area contributed by atoms with Gasteiger partial charge in [0.2, 0.25) is 11.8 Å². The highest BCUT2D eigenvalue weighted by molar-refractivity contribution is 6.05. The molecule has 7 nitrogen and oxygen atoms in total. The monoisotopic (exact) mass is 455 g/mol. The van der Waals surface area contributed by atoms with Crippen molar-refractivity contribution >= 4 is 17.7 Å². The van der Waals surface area contributed by atoms with Gasteiger partial charge in [0.05, 0.1) is 0 Å². The number of carbonyl (C=O) groups is 3. The molecule has 2 N–H and O–H groups in total. The maximum absolute atomic E-state index is 13.9. The van der Waals surface area contributed by atoms with Gasteiger partial charge in [-0.25, -0.2) is 4.39 Å². The molecule has 0 aromatic heterocycles. The highest BCUT2D eigenvalue weighted by Gasteiger charge is 2.68. The molecule has 1 unspecified atom stereocenters. The van der Waals surface area contributed by atoms with E-state index in [1.165, 1.54) is 0 Å². The molecule has 6 aliphatic rings. The van der Waals surface area contributed by atoms with Gasteiger partial charge >= 0.3 is 0 Å². The number of imide groups is 1. The van der Waals surface area contributed by atoms with Crippen LogP contribution in [0.3, 0.4) is 0 Å². The molecule has 1 saturated heterocycles. The number of carbonyl (C=O) groups excluding carboxylic acids is 3. The van der Waals surface area contributed by atoms with Crippen LogP contribution in [0, 0.1) is 5.41 Å². The lowest BCUT2D eigenvalue weighted by molar-refractivity contribution is -0.211. The molecule has 33 heavy (non-hydrogen) atoms. The molecule has 3 amide bonds. The van der Waals surface area contributed by atoms with E-state index in [1.54, 1.807) is 11.0 Å². The number of rotatable bonds is 6. The Bertz CT molecular complexity index is 1010. The predicted octanol–water partition coefficient (Wildman–Crippen LogP) is 2.62. The molecular weight excluding hydrogens is 425 g/mol. The van der Waals surface area contributed by atoms with Gasteiger partial charge in [-0.05, 0) is 74.1 Å². The fourth-order valence-electron chi connectivity index (χ4n) is 6.67. The number of alkyl halides is 1. The molecule has 5 fully saturated rings. The Labute approximate surface area is 192 Å². The summed E-state index contributed by atoms with van der Waals surface area (Å²) in [6.07, 6.45) is 7.06. The van der Waals surface area contributed by atoms with Crippen molar-refractivity contribution in [2.75, 3.05) is 6.54 Å². The minimum absolute atomic E-state index is 0.0480. The van der Waals surface area contributed by atoms with Gasteiger partial charge in [0.15, 0.2) is 0 Å². The van der Waals surface area contributed by atoms with Gasteiger partial charge < -0.3 is 15.0 Å². The Morgan fingerprint density at radius 1 is 1.12 bits per heavy atom. The van der Waals surface area contributed by atoms with E-state index in [9.17, 15) is 18.8 Å². The van der Waals surface area contributed by atoms with Crippen molar-refractivity contribution < 1.29 is 23.5 Å². The Balaban J connectivity index is 1.11. The zero-order valence-corrected chi connectivity index (χ0v) is 18.7. The number of ether oxygens (including phenoxy) is 1. The second-order valence-corrected chi connectivity index (χ2v) is 10.8. The summed E-state index contributed by atoms with van der Waals surface area (Å²) in [7, 11) is 0. The lowest BCUT2D eigenvalue weighted by Gasteiger charge is -2.66. The van der Waals surface area contributed by atoms with Gasteiger partial charge in [0.1, 0.15) is 23.6 Å². The van der Waals surface area contributed by atoms with Gasteiger partial charge in [-0.3, -0.25) is 19.7 Å². The average Bonchev–Trinajstić information content (AvgIpc) is 3.06. The first-order valence-electron chi connectivity index (χ1n) is 12.2. The van der Waals surface area contributed by atoms with Crippen LogP contribution in [0.25, 0.3) is 0 Å². The second kappa shape index (κ2) is 7.52. The highest BCUT2D eigenvalue weighted by atomic mass is 19.1. The summed E-state index contributed by atoms with van der Waals surface area (Å²) in [6, 6.07) is 5.17. The van der Waals surface area contributed by atoms with Crippen LogP contribution in [0.5, 0.6) is 5.75 Å². The molecule has 0 radical (unpaired) electrons. The number of nitrogens with one attached hydrogen (secondary N) is 2. The number of hydrogen-bond acceptors (Lipinski definition) is 5. The van der Waals surface area contributed by atoms with E-state index in [1.807, 2.05) is 12.1 Å². The van der Waals surface area contributed by atoms with E-state index < -0.39 is 17.6 Å². The summed E-state index contributed by atoms with van der Waals surface area (Å²) in [6.45, 7) is 1.21. The van der Waals surface area contributed by atoms with E-state index in [0.29, 0.717) is 37.8 Å². The predicted molar refractivity (Wildman–Crippen MR) is 117 cm³/mol. The molecule has 1 aromatic carbocycles. The Hall–Kier alpha value is -2.48. The summed E-state index contributed by atoms with van der Waals surface area (Å²) in [4.78, 5) is 38.2. The van der Waals surface area contributed by atoms with Crippen molar-refractivity contribution in [2.45, 2.75) is 88.2 Å². The fraction of sp³-hybridized carbons (Fsp3) is 0.640. The molecule has 4 saturated carbocycles. The Morgan fingerprint density at radius 3 is 2.67 bits per heavy atom. The molecule has 7 rings (SSSR count). The number of halogens is 1. The normalized spacial score (nSPS) is 37.2. The fourth-order valence-corrected chi connectivity index (χ4v) is 6.67. The first-order chi connectivity index (χ1) is 15.8. The lowest BCUT2D eigenvalue weighted by Crippen LogP contribution is -2.68. The maximum atomic E-state index is 13.9. The molecule has 0 spiro atoms. The standard InChI is InChI=1S/C25H30FN3O4/c26-25-11-24(12-25,13-25)14-27-18-3-1-2-4-20(18)33-16-5-6-17-15(9-16)10-29(23(17)32)19-7-8-21(30)28-22(19)31/h5-6,9,18-20,27H,1-4,7-8,10-14H2,(H,28,30,31)/t18-,19?,20-,24?,25?/m0/s1. The number of fused-ring (bicyclic) bond motifs is 1. The van der Waals surface area contributed by atoms with E-state index in [0.717, 1.165) is 43.5 Å². The van der Waals surface area contributed by atoms with Crippen LogP contribution in [0.15, 0.2) is 18.2 Å². The highest BCUT2D eigenvalue weighted by Crippen LogP contribution is 2.69. The topological polar surface area (TPSA) is 87.7 Å². The van der Waals surface area contributed by atoms with Crippen LogP contribution >= 0.6 is 0 Å². The van der Waals surface area contributed by atoms with E-state index in [-0.39, 0.29) is 35.8 Å². The average molecular weight is 456 g/mol. The van der Waals surface area contributed by atoms with E-state index in [4.69, 9.17) is 4.74 Å². The molecule has 1 aromatic rings. The summed E-state index contributed by atoms with van der Waals surface area (Å²) in [5.74, 6) is -0.126. The number of nitrogens with zero attached hydrogens (tertiary/aromatic N) is 1. The zero-order valence-electron chi connectivity index (χ0n) is 18.7. The Morgan fingerprint density at radius 2 is 1.91 bits per heavy atom. The molecule has 3 atom stereocenters. The number of amides is 3. The minimum Gasteiger partial charge on any atom is -0.489 e. The number of piperidine rings is 1. The van der Waals surface area contributed by atoms with Crippen LogP contribution in [-0.4, -0.2) is 53.0 Å². The van der Waals surface area contributed by atoms with E-state index in [2.05, 4.69) is 10.6 Å². The van der Waals surface area contributed by atoms with Crippen LogP contribution in [-0.2, 0) is 16.1 Å². The molecule has 4 aliphatic carbocycles. The number of hydrogen-bond donors (Lipinski definition) is 2. The summed E-state index contributed by atoms with van der Waals surface area (Å²) in [5, 5.41) is 6.02. The van der Waals surface area contributed by atoms with Crippen LogP contribution in [0.2, 0.25) is 0 Å². The van der Waals surface area contributed by atoms with E-state index >= 15 is 0 Å². The third kappa shape index (κ3) is 3.63. The SMILES string of the molecule is O=C1CCC(N2Cc3cc(O[C@H]4CCCC[C@@H]4NCC45CC(F)(C4)C5)ccc3C2=O)C(=O)N1. The molecule has 176 valence electrons. The van der Waals surface area contributed by atoms with Gasteiger partial charge in [0.25, 0.3) is 5.91 Å². The van der Waals surface area contributed by atoms with Crippen LogP contribution < -0.4 is 15.4 Å². The first-order valence-corrected chi connectivity index (χ1v) is 12.2. The molecule has 8 heteroatoms. The van der Waals surface area contributed by atoms with Crippen LogP contribution in [0.4, 0.5) is 4.39 Å². The lowest BCUT2D eigenvalue weighted by atomic mass is 9.42. The van der Waals surface area contributed by atoms with Crippen molar-refractivity contribution in [1.82, 2.24) is 15.5 Å². The van der Waals surface area contributed by atoms with Gasteiger partial charge in [-0.15, -0.1) is 0 Å². The summed E-state index contributed by atoms with van der Waals surface area (Å²) in [5.41, 5.74) is 0.747. The van der Waals surface area contributed by atoms with Gasteiger partial charge in [-0.2, -0.15) is 0 Å². The first kappa shape index (κ1) is 21.1. The third-order valence-electron chi connectivity index (χ3n) is 8.30. The molecule has 2 bridgehead atoms. The molecule has 2 aliphatic heterocycles. The van der Waals surface area contributed by atoms with Crippen molar-refractivity contribution in [3.63, 3.8) is 0 Å². The summed E-state index contributed by atoms with van der Waals surface area (Å²) >= 11 is 0. The van der Waals surface area contributed by atoms with Gasteiger partial charge in [0, 0.05) is 31.1 Å². The van der Waals surface area contributed by atoms with Crippen molar-refractivity contribution in [3.05, 3.63) is 29.3 Å². The van der Waals surface area contributed by atoms with Gasteiger partial charge in [-0.1, -0.05) is 6.42 Å². The zero-order chi connectivity index (χ0) is 22.8. The molecule has 2 heterocycles. The summed E-state index contributed by atoms with van der Waals surface area (Å²) < 4.78 is 20.3. The Kier molecular flexibility index (Phi) is 4.80. The molecular formula is C25H30FN3O4. The van der Waals surface area contributed by atoms with Crippen molar-refractivity contribution in [1.29, 1.82) is 0 Å². The quantitative estimate of drug-likeness (QED) is 0.644. The number of benzene rings is 1. The minimum atomic E-state index is -0.867. The van der Waals surface area contributed by atoms with Crippen molar-refractivity contribution in [3.8, 4) is 5.75 Å².